The van der Waals surface area contributed by atoms with E-state index in [1.807, 2.05) is 26.8 Å². The second-order valence-electron chi connectivity index (χ2n) is 6.18. The predicted molar refractivity (Wildman–Crippen MR) is 86.6 cm³/mol. The van der Waals surface area contributed by atoms with E-state index in [1.54, 1.807) is 12.0 Å². The summed E-state index contributed by atoms with van der Waals surface area (Å²) >= 11 is 0. The molecule has 0 radical (unpaired) electrons. The molecule has 0 aliphatic carbocycles. The number of carbonyl (C=O) groups is 1. The van der Waals surface area contributed by atoms with Crippen molar-refractivity contribution in [3.05, 3.63) is 12.7 Å². The summed E-state index contributed by atoms with van der Waals surface area (Å²) in [4.78, 5) is 13.8. The molecule has 1 atom stereocenters. The minimum absolute atomic E-state index is 0.292. The van der Waals surface area contributed by atoms with Crippen molar-refractivity contribution in [3.63, 3.8) is 0 Å². The highest BCUT2D eigenvalue weighted by atomic mass is 16.6. The van der Waals surface area contributed by atoms with Gasteiger partial charge in [-0.2, -0.15) is 0 Å². The highest BCUT2D eigenvalue weighted by molar-refractivity contribution is 5.68. The lowest BCUT2D eigenvalue weighted by Gasteiger charge is -2.27. The summed E-state index contributed by atoms with van der Waals surface area (Å²) in [6.45, 7) is 13.9. The maximum atomic E-state index is 12.1. The molecule has 5 heteroatoms. The van der Waals surface area contributed by atoms with Crippen LogP contribution in [0.2, 0.25) is 0 Å². The fourth-order valence-electron chi connectivity index (χ4n) is 1.74. The van der Waals surface area contributed by atoms with Crippen molar-refractivity contribution in [3.8, 4) is 0 Å². The number of methoxy groups -OCH3 is 1. The Labute approximate surface area is 129 Å². The van der Waals surface area contributed by atoms with Gasteiger partial charge in [0.15, 0.2) is 0 Å². The zero-order valence-corrected chi connectivity index (χ0v) is 14.3. The first kappa shape index (κ1) is 19.9. The van der Waals surface area contributed by atoms with Gasteiger partial charge in [-0.15, -0.1) is 6.58 Å². The lowest BCUT2D eigenvalue weighted by Crippen LogP contribution is -2.43. The number of hydrogen-bond acceptors (Lipinski definition) is 4. The molecule has 0 rings (SSSR count). The Kier molecular flexibility index (Phi) is 10.1. The third kappa shape index (κ3) is 11.3. The summed E-state index contributed by atoms with van der Waals surface area (Å²) in [5, 5.41) is 3.40. The lowest BCUT2D eigenvalue weighted by atomic mass is 10.2. The molecule has 124 valence electrons. The van der Waals surface area contributed by atoms with Crippen molar-refractivity contribution < 1.29 is 14.3 Å². The number of rotatable bonds is 10. The Morgan fingerprint density at radius 3 is 2.57 bits per heavy atom. The van der Waals surface area contributed by atoms with E-state index in [-0.39, 0.29) is 6.09 Å². The molecule has 0 heterocycles. The second-order valence-corrected chi connectivity index (χ2v) is 6.18. The molecule has 0 aliphatic heterocycles. The first-order valence-electron chi connectivity index (χ1n) is 7.61. The molecule has 5 nitrogen and oxygen atoms in total. The molecule has 0 aromatic heterocycles. The number of hydrogen-bond donors (Lipinski definition) is 1. The van der Waals surface area contributed by atoms with E-state index in [0.29, 0.717) is 25.7 Å². The lowest BCUT2D eigenvalue weighted by molar-refractivity contribution is 0.0203. The number of ether oxygens (including phenoxy) is 2. The van der Waals surface area contributed by atoms with Crippen molar-refractivity contribution in [2.75, 3.05) is 33.4 Å². The van der Waals surface area contributed by atoms with Gasteiger partial charge >= 0.3 is 6.09 Å². The van der Waals surface area contributed by atoms with Gasteiger partial charge < -0.3 is 19.7 Å². The van der Waals surface area contributed by atoms with Gasteiger partial charge in [-0.25, -0.2) is 4.79 Å². The zero-order valence-electron chi connectivity index (χ0n) is 14.3. The molecule has 0 aliphatic rings. The molecule has 0 saturated carbocycles. The molecule has 0 aromatic rings. The third-order valence-corrected chi connectivity index (χ3v) is 2.90. The van der Waals surface area contributed by atoms with Crippen LogP contribution in [0.5, 0.6) is 0 Å². The summed E-state index contributed by atoms with van der Waals surface area (Å²) in [5.41, 5.74) is -0.479. The van der Waals surface area contributed by atoms with Crippen LogP contribution in [0.4, 0.5) is 4.79 Å². The smallest absolute Gasteiger partial charge is 0.410 e. The topological polar surface area (TPSA) is 50.8 Å². The standard InChI is InChI=1S/C16H32N2O3/c1-7-8-9-14(2)17-10-11-18(12-13-20-6)15(19)21-16(3,4)5/h7,14,17H,1,8-13H2,2-6H3. The predicted octanol–water partition coefficient (Wildman–Crippen LogP) is 2.81. The molecular formula is C16H32N2O3. The quantitative estimate of drug-likeness (QED) is 0.630. The fourth-order valence-corrected chi connectivity index (χ4v) is 1.74. The van der Waals surface area contributed by atoms with Crippen molar-refractivity contribution in [1.29, 1.82) is 0 Å². The van der Waals surface area contributed by atoms with Crippen LogP contribution in [0.1, 0.15) is 40.5 Å². The summed E-state index contributed by atoms with van der Waals surface area (Å²) in [7, 11) is 1.63. The van der Waals surface area contributed by atoms with E-state index in [4.69, 9.17) is 9.47 Å². The van der Waals surface area contributed by atoms with Gasteiger partial charge in [0.25, 0.3) is 0 Å². The number of nitrogens with one attached hydrogen (secondary N) is 1. The zero-order chi connectivity index (χ0) is 16.3. The number of nitrogens with zero attached hydrogens (tertiary/aromatic N) is 1. The summed E-state index contributed by atoms with van der Waals surface area (Å²) in [6, 6.07) is 0.408. The summed E-state index contributed by atoms with van der Waals surface area (Å²) in [6.07, 6.45) is 3.67. The van der Waals surface area contributed by atoms with Gasteiger partial charge in [-0.05, 0) is 40.5 Å². The molecule has 0 fully saturated rings. The highest BCUT2D eigenvalue weighted by Gasteiger charge is 2.21. The molecule has 21 heavy (non-hydrogen) atoms. The van der Waals surface area contributed by atoms with Crippen LogP contribution in [-0.2, 0) is 9.47 Å². The van der Waals surface area contributed by atoms with E-state index in [1.165, 1.54) is 0 Å². The van der Waals surface area contributed by atoms with Gasteiger partial charge in [0.05, 0.1) is 6.61 Å². The van der Waals surface area contributed by atoms with Crippen molar-refractivity contribution in [2.45, 2.75) is 52.2 Å². The van der Waals surface area contributed by atoms with E-state index >= 15 is 0 Å². The maximum Gasteiger partial charge on any atom is 0.410 e. The Morgan fingerprint density at radius 2 is 2.05 bits per heavy atom. The fraction of sp³-hybridized carbons (Fsp3) is 0.812. The Balaban J connectivity index is 4.23. The Morgan fingerprint density at radius 1 is 1.38 bits per heavy atom. The SMILES string of the molecule is C=CCCC(C)NCCN(CCOC)C(=O)OC(C)(C)C. The third-order valence-electron chi connectivity index (χ3n) is 2.90. The van der Waals surface area contributed by atoms with Crippen LogP contribution in [0.25, 0.3) is 0 Å². The van der Waals surface area contributed by atoms with Crippen LogP contribution in [0, 0.1) is 0 Å². The Hall–Kier alpha value is -1.07. The van der Waals surface area contributed by atoms with Crippen molar-refractivity contribution >= 4 is 6.09 Å². The second kappa shape index (κ2) is 10.6. The van der Waals surface area contributed by atoms with Gasteiger partial charge in [0, 0.05) is 32.8 Å². The average Bonchev–Trinajstić information content (AvgIpc) is 2.38. The van der Waals surface area contributed by atoms with Gasteiger partial charge in [-0.3, -0.25) is 0 Å². The molecular weight excluding hydrogens is 268 g/mol. The summed E-state index contributed by atoms with van der Waals surface area (Å²) < 4.78 is 10.5. The molecule has 1 N–H and O–H groups in total. The molecule has 0 spiro atoms. The van der Waals surface area contributed by atoms with Crippen LogP contribution >= 0.6 is 0 Å². The van der Waals surface area contributed by atoms with E-state index in [0.717, 1.165) is 19.4 Å². The largest absolute Gasteiger partial charge is 0.444 e. The Bertz CT molecular complexity index is 300. The first-order chi connectivity index (χ1) is 9.80. The average molecular weight is 300 g/mol. The van der Waals surface area contributed by atoms with E-state index in [9.17, 15) is 4.79 Å². The summed E-state index contributed by atoms with van der Waals surface area (Å²) in [5.74, 6) is 0. The molecule has 0 aromatic carbocycles. The number of allylic oxidation sites excluding steroid dienone is 1. The van der Waals surface area contributed by atoms with Gasteiger partial charge in [-0.1, -0.05) is 6.08 Å². The minimum Gasteiger partial charge on any atom is -0.444 e. The normalized spacial score (nSPS) is 12.8. The number of amides is 1. The van der Waals surface area contributed by atoms with Crippen LogP contribution in [-0.4, -0.2) is 56.0 Å². The highest BCUT2D eigenvalue weighted by Crippen LogP contribution is 2.09. The minimum atomic E-state index is -0.479. The first-order valence-corrected chi connectivity index (χ1v) is 7.61. The van der Waals surface area contributed by atoms with Crippen LogP contribution in [0.3, 0.4) is 0 Å². The monoisotopic (exact) mass is 300 g/mol. The molecule has 1 unspecified atom stereocenters. The van der Waals surface area contributed by atoms with E-state index < -0.39 is 5.60 Å². The van der Waals surface area contributed by atoms with Gasteiger partial charge in [0.2, 0.25) is 0 Å². The molecule has 0 bridgehead atoms. The van der Waals surface area contributed by atoms with Crippen LogP contribution < -0.4 is 5.32 Å². The van der Waals surface area contributed by atoms with E-state index in [2.05, 4.69) is 18.8 Å². The van der Waals surface area contributed by atoms with Crippen molar-refractivity contribution in [1.82, 2.24) is 10.2 Å². The van der Waals surface area contributed by atoms with Crippen LogP contribution in [0.15, 0.2) is 12.7 Å². The number of carbonyl (C=O) groups excluding carboxylic acids is 1. The molecule has 1 amide bonds. The maximum absolute atomic E-state index is 12.1. The molecule has 0 saturated heterocycles. The van der Waals surface area contributed by atoms with Crippen molar-refractivity contribution in [2.24, 2.45) is 0 Å². The van der Waals surface area contributed by atoms with Gasteiger partial charge in [0.1, 0.15) is 5.60 Å².